The number of nitrogens with one attached hydrogen (secondary N) is 1. The number of hydrogen-bond acceptors (Lipinski definition) is 4. The van der Waals surface area contributed by atoms with Crippen molar-refractivity contribution >= 4 is 21.7 Å². The van der Waals surface area contributed by atoms with E-state index in [4.69, 9.17) is 9.84 Å². The predicted octanol–water partition coefficient (Wildman–Crippen LogP) is 6.60. The molecule has 0 unspecified atom stereocenters. The lowest BCUT2D eigenvalue weighted by molar-refractivity contribution is -0.139. The van der Waals surface area contributed by atoms with Crippen LogP contribution in [0.25, 0.3) is 11.1 Å². The van der Waals surface area contributed by atoms with Gasteiger partial charge in [0, 0.05) is 0 Å². The van der Waals surface area contributed by atoms with Crippen molar-refractivity contribution < 1.29 is 36.2 Å². The number of unbranched alkanes of at least 4 members (excludes halogenated alkanes) is 1. The second kappa shape index (κ2) is 11.2. The van der Waals surface area contributed by atoms with E-state index in [9.17, 15) is 26.4 Å². The maximum Gasteiger partial charge on any atom is 0.416 e. The number of halogens is 3. The van der Waals surface area contributed by atoms with E-state index in [0.29, 0.717) is 34.4 Å². The Morgan fingerprint density at radius 1 is 1.03 bits per heavy atom. The van der Waals surface area contributed by atoms with Gasteiger partial charge >= 0.3 is 12.1 Å². The molecule has 6 nitrogen and oxygen atoms in total. The maximum atomic E-state index is 13.3. The molecule has 0 saturated heterocycles. The number of anilines is 1. The second-order valence-corrected chi connectivity index (χ2v) is 10.3. The van der Waals surface area contributed by atoms with Gasteiger partial charge in [-0.3, -0.25) is 4.72 Å². The van der Waals surface area contributed by atoms with Crippen LogP contribution in [0.5, 0.6) is 5.75 Å². The lowest BCUT2D eigenvalue weighted by Crippen LogP contribution is -2.16. The van der Waals surface area contributed by atoms with Gasteiger partial charge in [-0.15, -0.1) is 0 Å². The molecule has 0 aromatic heterocycles. The van der Waals surface area contributed by atoms with Gasteiger partial charge in [0.2, 0.25) is 0 Å². The number of carboxylic acid groups (broad SMARTS) is 1. The van der Waals surface area contributed by atoms with Crippen LogP contribution in [0.4, 0.5) is 18.9 Å². The molecule has 2 N–H and O–H groups in total. The number of rotatable bonds is 10. The fourth-order valence-corrected chi connectivity index (χ4v) is 5.17. The molecule has 0 radical (unpaired) electrons. The molecular weight excluding hydrogens is 507 g/mol. The number of ether oxygens (including phenoxy) is 1. The Morgan fingerprint density at radius 3 is 2.27 bits per heavy atom. The Bertz CT molecular complexity index is 1380. The largest absolute Gasteiger partial charge is 0.482 e. The quantitative estimate of drug-likeness (QED) is 0.305. The summed E-state index contributed by atoms with van der Waals surface area (Å²) in [6, 6.07) is 12.4. The zero-order chi connectivity index (χ0) is 27.4. The van der Waals surface area contributed by atoms with Crippen LogP contribution in [0.15, 0.2) is 59.5 Å². The molecule has 3 aromatic rings. The molecule has 0 bridgehead atoms. The van der Waals surface area contributed by atoms with Crippen molar-refractivity contribution in [3.63, 3.8) is 0 Å². The van der Waals surface area contributed by atoms with E-state index < -0.39 is 34.3 Å². The first-order valence-corrected chi connectivity index (χ1v) is 13.1. The molecule has 0 saturated carbocycles. The molecule has 198 valence electrons. The average molecular weight is 536 g/mol. The lowest BCUT2D eigenvalue weighted by Gasteiger charge is -2.19. The van der Waals surface area contributed by atoms with E-state index in [0.717, 1.165) is 30.5 Å². The number of aryl methyl sites for hydroxylation is 2. The van der Waals surface area contributed by atoms with Crippen molar-refractivity contribution in [2.24, 2.45) is 0 Å². The van der Waals surface area contributed by atoms with Crippen LogP contribution in [0.1, 0.15) is 42.0 Å². The Labute approximate surface area is 214 Å². The molecule has 0 fully saturated rings. The number of carboxylic acids is 1. The zero-order valence-electron chi connectivity index (χ0n) is 20.6. The molecule has 0 amide bonds. The molecule has 0 spiro atoms. The van der Waals surface area contributed by atoms with Crippen LogP contribution >= 0.6 is 0 Å². The number of carbonyl (C=O) groups is 1. The number of sulfonamides is 1. The van der Waals surface area contributed by atoms with E-state index in [1.165, 1.54) is 30.3 Å². The number of alkyl halides is 3. The Morgan fingerprint density at radius 2 is 1.70 bits per heavy atom. The van der Waals surface area contributed by atoms with Gasteiger partial charge in [0.15, 0.2) is 6.61 Å². The smallest absolute Gasteiger partial charge is 0.416 e. The summed E-state index contributed by atoms with van der Waals surface area (Å²) < 4.78 is 73.6. The van der Waals surface area contributed by atoms with Crippen LogP contribution in [0.3, 0.4) is 0 Å². The van der Waals surface area contributed by atoms with Crippen molar-refractivity contribution in [3.05, 3.63) is 76.9 Å². The summed E-state index contributed by atoms with van der Waals surface area (Å²) in [4.78, 5) is 10.7. The molecule has 37 heavy (non-hydrogen) atoms. The first-order chi connectivity index (χ1) is 17.3. The van der Waals surface area contributed by atoms with E-state index in [1.807, 2.05) is 6.92 Å². The van der Waals surface area contributed by atoms with Gasteiger partial charge in [-0.2, -0.15) is 13.2 Å². The molecule has 0 atom stereocenters. The third-order valence-corrected chi connectivity index (χ3v) is 7.27. The van der Waals surface area contributed by atoms with Crippen LogP contribution in [-0.2, 0) is 27.4 Å². The van der Waals surface area contributed by atoms with Gasteiger partial charge in [-0.05, 0) is 84.8 Å². The van der Waals surface area contributed by atoms with Gasteiger partial charge in [0.05, 0.1) is 16.1 Å². The number of hydrogen-bond donors (Lipinski definition) is 2. The Hall–Kier alpha value is -3.53. The summed E-state index contributed by atoms with van der Waals surface area (Å²) in [6.07, 6.45) is -2.13. The van der Waals surface area contributed by atoms with Gasteiger partial charge in [0.1, 0.15) is 5.75 Å². The summed E-state index contributed by atoms with van der Waals surface area (Å²) in [5.74, 6) is -0.897. The molecule has 0 heterocycles. The molecule has 0 aliphatic heterocycles. The minimum Gasteiger partial charge on any atom is -0.482 e. The molecule has 3 rings (SSSR count). The van der Waals surface area contributed by atoms with Gasteiger partial charge < -0.3 is 9.84 Å². The van der Waals surface area contributed by atoms with Gasteiger partial charge in [-0.25, -0.2) is 13.2 Å². The summed E-state index contributed by atoms with van der Waals surface area (Å²) in [7, 11) is -4.05. The van der Waals surface area contributed by atoms with Crippen molar-refractivity contribution in [2.45, 2.75) is 51.1 Å². The van der Waals surface area contributed by atoms with Crippen molar-refractivity contribution in [1.29, 1.82) is 0 Å². The van der Waals surface area contributed by atoms with Crippen LogP contribution in [-0.4, -0.2) is 26.1 Å². The Balaban J connectivity index is 2.00. The Kier molecular flexibility index (Phi) is 8.53. The summed E-state index contributed by atoms with van der Waals surface area (Å²) in [5, 5.41) is 8.80. The number of aliphatic carboxylic acids is 1. The molecule has 10 heteroatoms. The van der Waals surface area contributed by atoms with Crippen LogP contribution < -0.4 is 9.46 Å². The summed E-state index contributed by atoms with van der Waals surface area (Å²) >= 11 is 0. The van der Waals surface area contributed by atoms with E-state index in [-0.39, 0.29) is 10.6 Å². The zero-order valence-corrected chi connectivity index (χ0v) is 21.5. The SMILES string of the molecule is CCCCc1ccc(-c2ccc(C(F)(F)F)cc2)c(C)c1NS(=O)(=O)c1ccc(OCC(=O)O)c(C)c1. The average Bonchev–Trinajstić information content (AvgIpc) is 2.83. The van der Waals surface area contributed by atoms with Gasteiger partial charge in [0.25, 0.3) is 10.0 Å². The third kappa shape index (κ3) is 6.82. The third-order valence-electron chi connectivity index (χ3n) is 5.92. The maximum absolute atomic E-state index is 13.3. The highest BCUT2D eigenvalue weighted by Crippen LogP contribution is 2.36. The minimum atomic E-state index is -4.45. The topological polar surface area (TPSA) is 92.7 Å². The first-order valence-electron chi connectivity index (χ1n) is 11.6. The summed E-state index contributed by atoms with van der Waals surface area (Å²) in [5.41, 5.74) is 2.58. The van der Waals surface area contributed by atoms with E-state index >= 15 is 0 Å². The van der Waals surface area contributed by atoms with Crippen LogP contribution in [0.2, 0.25) is 0 Å². The molecule has 0 aliphatic rings. The fourth-order valence-electron chi connectivity index (χ4n) is 3.92. The van der Waals surface area contributed by atoms with Crippen molar-refractivity contribution in [2.75, 3.05) is 11.3 Å². The molecule has 3 aromatic carbocycles. The summed E-state index contributed by atoms with van der Waals surface area (Å²) in [6.45, 7) is 4.81. The predicted molar refractivity (Wildman–Crippen MR) is 135 cm³/mol. The van der Waals surface area contributed by atoms with E-state index in [1.54, 1.807) is 26.0 Å². The van der Waals surface area contributed by atoms with Crippen LogP contribution in [0, 0.1) is 13.8 Å². The van der Waals surface area contributed by atoms with Crippen molar-refractivity contribution in [1.82, 2.24) is 0 Å². The van der Waals surface area contributed by atoms with Crippen molar-refractivity contribution in [3.8, 4) is 16.9 Å². The van der Waals surface area contributed by atoms with E-state index in [2.05, 4.69) is 4.72 Å². The highest BCUT2D eigenvalue weighted by Gasteiger charge is 2.30. The standard InChI is InChI=1S/C27H28F3NO5S/c1-4-5-6-20-9-13-23(19-7-10-21(11-8-19)27(28,29)30)18(3)26(20)31-37(34,35)22-12-14-24(17(2)15-22)36-16-25(32)33/h7-15,31H,4-6,16H2,1-3H3,(H,32,33). The highest BCUT2D eigenvalue weighted by atomic mass is 32.2. The number of benzene rings is 3. The molecular formula is C27H28F3NO5S. The minimum absolute atomic E-state index is 0.0338. The first kappa shape index (κ1) is 28.0. The second-order valence-electron chi connectivity index (χ2n) is 8.67. The highest BCUT2D eigenvalue weighted by molar-refractivity contribution is 7.92. The molecule has 0 aliphatic carbocycles. The lowest BCUT2D eigenvalue weighted by atomic mass is 9.94. The normalized spacial score (nSPS) is 11.8. The van der Waals surface area contributed by atoms with Gasteiger partial charge in [-0.1, -0.05) is 37.6 Å². The fraction of sp³-hybridized carbons (Fsp3) is 0.296. The monoisotopic (exact) mass is 535 g/mol.